The fraction of sp³-hybridized carbons (Fsp3) is 0.200. The summed E-state index contributed by atoms with van der Waals surface area (Å²) < 4.78 is 5.66. The summed E-state index contributed by atoms with van der Waals surface area (Å²) in [5.41, 5.74) is 4.84. The van der Waals surface area contributed by atoms with Crippen LogP contribution in [-0.2, 0) is 4.79 Å². The van der Waals surface area contributed by atoms with E-state index >= 15 is 0 Å². The molecule has 0 saturated carbocycles. The van der Waals surface area contributed by atoms with Crippen molar-refractivity contribution in [3.63, 3.8) is 0 Å². The van der Waals surface area contributed by atoms with E-state index in [-0.39, 0.29) is 12.5 Å². The highest BCUT2D eigenvalue weighted by Crippen LogP contribution is 2.24. The maximum Gasteiger partial charge on any atom is 0.262 e. The van der Waals surface area contributed by atoms with Crippen molar-refractivity contribution < 1.29 is 9.53 Å². The van der Waals surface area contributed by atoms with Gasteiger partial charge in [-0.2, -0.15) is 0 Å². The van der Waals surface area contributed by atoms with Gasteiger partial charge in [-0.3, -0.25) is 9.78 Å². The van der Waals surface area contributed by atoms with Crippen LogP contribution in [0, 0.1) is 20.8 Å². The maximum atomic E-state index is 12.3. The molecule has 0 spiro atoms. The fourth-order valence-electron chi connectivity index (χ4n) is 2.63. The molecule has 1 aromatic heterocycles. The highest BCUT2D eigenvalue weighted by atomic mass is 16.5. The van der Waals surface area contributed by atoms with Gasteiger partial charge in [-0.15, -0.1) is 0 Å². The SMILES string of the molecule is Cc1ccc(C)c(OCC(=O)Nc2ccnc3c(C)cccc23)c1. The van der Waals surface area contributed by atoms with E-state index in [0.717, 1.165) is 39.0 Å². The Bertz CT molecular complexity index is 903. The van der Waals surface area contributed by atoms with Gasteiger partial charge in [-0.05, 0) is 49.6 Å². The van der Waals surface area contributed by atoms with Gasteiger partial charge in [0.05, 0.1) is 11.2 Å². The van der Waals surface area contributed by atoms with Gasteiger partial charge in [0.25, 0.3) is 5.91 Å². The molecule has 0 unspecified atom stereocenters. The van der Waals surface area contributed by atoms with Gasteiger partial charge in [0.1, 0.15) is 5.75 Å². The standard InChI is InChI=1S/C20H20N2O2/c1-13-7-8-14(2)18(11-13)24-12-19(23)22-17-9-10-21-20-15(3)5-4-6-16(17)20/h4-11H,12H2,1-3H3,(H,21,22,23). The molecule has 0 bridgehead atoms. The molecule has 4 heteroatoms. The molecule has 0 aliphatic heterocycles. The van der Waals surface area contributed by atoms with Crippen LogP contribution in [-0.4, -0.2) is 17.5 Å². The number of carbonyl (C=O) groups excluding carboxylic acids is 1. The third-order valence-corrected chi connectivity index (χ3v) is 3.95. The molecule has 1 N–H and O–H groups in total. The van der Waals surface area contributed by atoms with Gasteiger partial charge in [0.15, 0.2) is 6.61 Å². The van der Waals surface area contributed by atoms with Crippen LogP contribution in [0.5, 0.6) is 5.75 Å². The lowest BCUT2D eigenvalue weighted by Gasteiger charge is -2.12. The number of hydrogen-bond acceptors (Lipinski definition) is 3. The number of aromatic nitrogens is 1. The second-order valence-corrected chi connectivity index (χ2v) is 5.94. The number of nitrogens with zero attached hydrogens (tertiary/aromatic N) is 1. The van der Waals surface area contributed by atoms with Gasteiger partial charge in [-0.25, -0.2) is 0 Å². The molecule has 24 heavy (non-hydrogen) atoms. The summed E-state index contributed by atoms with van der Waals surface area (Å²) in [4.78, 5) is 16.6. The number of pyridine rings is 1. The number of benzene rings is 2. The normalized spacial score (nSPS) is 10.6. The number of fused-ring (bicyclic) bond motifs is 1. The summed E-state index contributed by atoms with van der Waals surface area (Å²) in [5.74, 6) is 0.547. The van der Waals surface area contributed by atoms with Crippen molar-refractivity contribution >= 4 is 22.5 Å². The zero-order chi connectivity index (χ0) is 17.1. The summed E-state index contributed by atoms with van der Waals surface area (Å²) in [7, 11) is 0. The first-order valence-corrected chi connectivity index (χ1v) is 7.89. The summed E-state index contributed by atoms with van der Waals surface area (Å²) in [5, 5.41) is 3.84. The van der Waals surface area contributed by atoms with Crippen molar-refractivity contribution in [3.05, 3.63) is 65.4 Å². The Labute approximate surface area is 141 Å². The van der Waals surface area contributed by atoms with Gasteiger partial charge >= 0.3 is 0 Å². The molecule has 1 amide bonds. The van der Waals surface area contributed by atoms with E-state index in [1.54, 1.807) is 12.3 Å². The van der Waals surface area contributed by atoms with Crippen molar-refractivity contribution in [2.24, 2.45) is 0 Å². The number of amides is 1. The smallest absolute Gasteiger partial charge is 0.262 e. The third kappa shape index (κ3) is 3.38. The second kappa shape index (κ2) is 6.71. The summed E-state index contributed by atoms with van der Waals surface area (Å²) in [6.07, 6.45) is 1.70. The quantitative estimate of drug-likeness (QED) is 0.784. The Morgan fingerprint density at radius 3 is 2.75 bits per heavy atom. The lowest BCUT2D eigenvalue weighted by molar-refractivity contribution is -0.118. The zero-order valence-electron chi connectivity index (χ0n) is 14.1. The number of para-hydroxylation sites is 1. The molecule has 0 aliphatic carbocycles. The Balaban J connectivity index is 1.74. The Morgan fingerprint density at radius 1 is 1.08 bits per heavy atom. The first kappa shape index (κ1) is 16.0. The minimum absolute atomic E-state index is 0.0279. The number of anilines is 1. The average molecular weight is 320 g/mol. The fourth-order valence-corrected chi connectivity index (χ4v) is 2.63. The molecule has 1 heterocycles. The van der Waals surface area contributed by atoms with Crippen LogP contribution in [0.4, 0.5) is 5.69 Å². The highest BCUT2D eigenvalue weighted by Gasteiger charge is 2.09. The van der Waals surface area contributed by atoms with Crippen LogP contribution in [0.15, 0.2) is 48.7 Å². The minimum atomic E-state index is -0.190. The molecule has 2 aromatic carbocycles. The highest BCUT2D eigenvalue weighted by molar-refractivity contribution is 6.02. The van der Waals surface area contributed by atoms with Crippen molar-refractivity contribution in [1.29, 1.82) is 0 Å². The lowest BCUT2D eigenvalue weighted by atomic mass is 10.1. The van der Waals surface area contributed by atoms with Crippen LogP contribution in [0.1, 0.15) is 16.7 Å². The molecule has 0 radical (unpaired) electrons. The van der Waals surface area contributed by atoms with Crippen LogP contribution < -0.4 is 10.1 Å². The molecule has 0 saturated heterocycles. The maximum absolute atomic E-state index is 12.3. The van der Waals surface area contributed by atoms with Crippen LogP contribution in [0.25, 0.3) is 10.9 Å². The third-order valence-electron chi connectivity index (χ3n) is 3.95. The predicted molar refractivity (Wildman–Crippen MR) is 96.5 cm³/mol. The Kier molecular flexibility index (Phi) is 4.47. The number of ether oxygens (including phenoxy) is 1. The van der Waals surface area contributed by atoms with Gasteiger partial charge in [0, 0.05) is 11.6 Å². The molecule has 0 aliphatic rings. The van der Waals surface area contributed by atoms with Gasteiger partial charge in [0.2, 0.25) is 0 Å². The molecule has 4 nitrogen and oxygen atoms in total. The monoisotopic (exact) mass is 320 g/mol. The van der Waals surface area contributed by atoms with Crippen LogP contribution in [0.2, 0.25) is 0 Å². The summed E-state index contributed by atoms with van der Waals surface area (Å²) in [6.45, 7) is 5.94. The zero-order valence-corrected chi connectivity index (χ0v) is 14.1. The Hall–Kier alpha value is -2.88. The van der Waals surface area contributed by atoms with E-state index in [4.69, 9.17) is 4.74 Å². The lowest BCUT2D eigenvalue weighted by Crippen LogP contribution is -2.20. The van der Waals surface area contributed by atoms with Gasteiger partial charge in [-0.1, -0.05) is 30.3 Å². The van der Waals surface area contributed by atoms with Crippen molar-refractivity contribution in [2.45, 2.75) is 20.8 Å². The van der Waals surface area contributed by atoms with Crippen molar-refractivity contribution in [1.82, 2.24) is 4.98 Å². The molecule has 0 fully saturated rings. The first-order valence-electron chi connectivity index (χ1n) is 7.89. The van der Waals surface area contributed by atoms with E-state index in [1.165, 1.54) is 0 Å². The van der Waals surface area contributed by atoms with E-state index in [2.05, 4.69) is 10.3 Å². The van der Waals surface area contributed by atoms with E-state index < -0.39 is 0 Å². The largest absolute Gasteiger partial charge is 0.483 e. The number of aryl methyl sites for hydroxylation is 3. The molecule has 3 aromatic rings. The van der Waals surface area contributed by atoms with Crippen LogP contribution in [0.3, 0.4) is 0 Å². The Morgan fingerprint density at radius 2 is 1.92 bits per heavy atom. The first-order chi connectivity index (χ1) is 11.5. The van der Waals surface area contributed by atoms with E-state index in [9.17, 15) is 4.79 Å². The van der Waals surface area contributed by atoms with Crippen molar-refractivity contribution in [2.75, 3.05) is 11.9 Å². The predicted octanol–water partition coefficient (Wildman–Crippen LogP) is 4.18. The minimum Gasteiger partial charge on any atom is -0.483 e. The topological polar surface area (TPSA) is 51.2 Å². The molecular weight excluding hydrogens is 300 g/mol. The second-order valence-electron chi connectivity index (χ2n) is 5.94. The number of hydrogen-bond donors (Lipinski definition) is 1. The van der Waals surface area contributed by atoms with Crippen molar-refractivity contribution in [3.8, 4) is 5.75 Å². The summed E-state index contributed by atoms with van der Waals surface area (Å²) in [6, 6.07) is 13.7. The van der Waals surface area contributed by atoms with Gasteiger partial charge < -0.3 is 10.1 Å². The average Bonchev–Trinajstić information content (AvgIpc) is 2.57. The molecule has 122 valence electrons. The van der Waals surface area contributed by atoms with E-state index in [1.807, 2.05) is 57.2 Å². The molecular formula is C20H20N2O2. The number of rotatable bonds is 4. The molecule has 0 atom stereocenters. The molecule has 3 rings (SSSR count). The summed E-state index contributed by atoms with van der Waals surface area (Å²) >= 11 is 0. The van der Waals surface area contributed by atoms with Crippen LogP contribution >= 0.6 is 0 Å². The number of carbonyl (C=O) groups is 1. The number of nitrogens with one attached hydrogen (secondary N) is 1. The van der Waals surface area contributed by atoms with E-state index in [0.29, 0.717) is 0 Å².